The van der Waals surface area contributed by atoms with Crippen LogP contribution in [0.25, 0.3) is 10.9 Å². The average molecular weight is 346 g/mol. The molecule has 0 aliphatic rings. The van der Waals surface area contributed by atoms with Crippen LogP contribution in [0.3, 0.4) is 0 Å². The molecule has 130 valence electrons. The van der Waals surface area contributed by atoms with Crippen LogP contribution in [0.15, 0.2) is 53.6 Å². The zero-order valence-corrected chi connectivity index (χ0v) is 14.6. The smallest absolute Gasteiger partial charge is 0.261 e. The zero-order valence-electron chi connectivity index (χ0n) is 14.6. The molecule has 26 heavy (non-hydrogen) atoms. The molecule has 0 aliphatic heterocycles. The molecule has 0 saturated carbocycles. The zero-order chi connectivity index (χ0) is 18.7. The van der Waals surface area contributed by atoms with E-state index in [4.69, 9.17) is 5.26 Å². The van der Waals surface area contributed by atoms with Crippen molar-refractivity contribution in [3.8, 4) is 6.07 Å². The van der Waals surface area contributed by atoms with Gasteiger partial charge in [0.15, 0.2) is 0 Å². The highest BCUT2D eigenvalue weighted by atomic mass is 16.2. The van der Waals surface area contributed by atoms with Gasteiger partial charge in [0.1, 0.15) is 6.54 Å². The van der Waals surface area contributed by atoms with Crippen molar-refractivity contribution in [3.05, 3.63) is 75.8 Å². The van der Waals surface area contributed by atoms with Gasteiger partial charge in [0, 0.05) is 13.6 Å². The number of carbonyl (C=O) groups is 1. The van der Waals surface area contributed by atoms with Crippen molar-refractivity contribution in [2.24, 2.45) is 0 Å². The van der Waals surface area contributed by atoms with Crippen molar-refractivity contribution in [2.45, 2.75) is 20.0 Å². The Morgan fingerprint density at radius 1 is 1.27 bits per heavy atom. The van der Waals surface area contributed by atoms with Crippen molar-refractivity contribution in [2.75, 3.05) is 7.05 Å². The predicted molar refractivity (Wildman–Crippen MR) is 98.4 cm³/mol. The Bertz CT molecular complexity index is 1080. The van der Waals surface area contributed by atoms with Crippen molar-refractivity contribution in [3.63, 3.8) is 0 Å². The van der Waals surface area contributed by atoms with E-state index in [2.05, 4.69) is 11.1 Å². The van der Waals surface area contributed by atoms with Crippen LogP contribution >= 0.6 is 0 Å². The first-order valence-corrected chi connectivity index (χ1v) is 8.17. The molecule has 6 heteroatoms. The van der Waals surface area contributed by atoms with E-state index in [0.717, 1.165) is 11.1 Å². The number of amides is 1. The molecule has 0 bridgehead atoms. The molecule has 1 heterocycles. The molecular weight excluding hydrogens is 328 g/mol. The van der Waals surface area contributed by atoms with E-state index in [1.807, 2.05) is 19.1 Å². The highest BCUT2D eigenvalue weighted by molar-refractivity contribution is 5.81. The summed E-state index contributed by atoms with van der Waals surface area (Å²) in [4.78, 5) is 30.9. The first-order chi connectivity index (χ1) is 12.5. The molecule has 0 saturated heterocycles. The SMILES string of the molecule is Cc1cccc2c(=O)n(CC(=O)N(C)Cc3cccc(C#N)c3)cnc12. The highest BCUT2D eigenvalue weighted by Crippen LogP contribution is 2.11. The van der Waals surface area contributed by atoms with E-state index in [1.54, 1.807) is 37.4 Å². The number of likely N-dealkylation sites (N-methyl/N-ethyl adjacent to an activating group) is 1. The maximum absolute atomic E-state index is 12.6. The van der Waals surface area contributed by atoms with Crippen LogP contribution in [-0.2, 0) is 17.9 Å². The summed E-state index contributed by atoms with van der Waals surface area (Å²) < 4.78 is 1.33. The molecule has 0 aliphatic carbocycles. The Hall–Kier alpha value is -3.46. The molecule has 0 N–H and O–H groups in total. The summed E-state index contributed by atoms with van der Waals surface area (Å²) in [7, 11) is 1.67. The second-order valence-corrected chi connectivity index (χ2v) is 6.21. The quantitative estimate of drug-likeness (QED) is 0.726. The Labute approximate surface area is 150 Å². The van der Waals surface area contributed by atoms with E-state index in [0.29, 0.717) is 23.0 Å². The van der Waals surface area contributed by atoms with E-state index < -0.39 is 0 Å². The maximum atomic E-state index is 12.6. The third-order valence-corrected chi connectivity index (χ3v) is 4.26. The van der Waals surface area contributed by atoms with Crippen LogP contribution in [0.2, 0.25) is 0 Å². The van der Waals surface area contributed by atoms with Gasteiger partial charge in [-0.2, -0.15) is 5.26 Å². The van der Waals surface area contributed by atoms with Gasteiger partial charge in [0.25, 0.3) is 5.56 Å². The van der Waals surface area contributed by atoms with Gasteiger partial charge < -0.3 is 4.90 Å². The van der Waals surface area contributed by atoms with Crippen LogP contribution in [0, 0.1) is 18.3 Å². The molecular formula is C20H18N4O2. The number of para-hydroxylation sites is 1. The van der Waals surface area contributed by atoms with Gasteiger partial charge in [-0.1, -0.05) is 24.3 Å². The first-order valence-electron chi connectivity index (χ1n) is 8.17. The van der Waals surface area contributed by atoms with E-state index in [1.165, 1.54) is 15.8 Å². The summed E-state index contributed by atoms with van der Waals surface area (Å²) in [5.41, 5.74) is 2.76. The number of fused-ring (bicyclic) bond motifs is 1. The van der Waals surface area contributed by atoms with Crippen LogP contribution in [0.5, 0.6) is 0 Å². The summed E-state index contributed by atoms with van der Waals surface area (Å²) in [5.74, 6) is -0.205. The number of rotatable bonds is 4. The lowest BCUT2D eigenvalue weighted by Crippen LogP contribution is -2.33. The predicted octanol–water partition coefficient (Wildman–Crippen LogP) is 2.24. The van der Waals surface area contributed by atoms with Crippen LogP contribution in [0.4, 0.5) is 0 Å². The molecule has 0 atom stereocenters. The molecule has 6 nitrogen and oxygen atoms in total. The van der Waals surface area contributed by atoms with Gasteiger partial charge >= 0.3 is 0 Å². The molecule has 3 rings (SSSR count). The van der Waals surface area contributed by atoms with Gasteiger partial charge in [-0.25, -0.2) is 4.98 Å². The molecule has 1 aromatic heterocycles. The van der Waals surface area contributed by atoms with E-state index in [-0.39, 0.29) is 18.0 Å². The van der Waals surface area contributed by atoms with Crippen molar-refractivity contribution >= 4 is 16.8 Å². The van der Waals surface area contributed by atoms with Gasteiger partial charge in [-0.05, 0) is 36.2 Å². The molecule has 0 spiro atoms. The minimum atomic E-state index is -0.230. The number of hydrogen-bond acceptors (Lipinski definition) is 4. The summed E-state index contributed by atoms with van der Waals surface area (Å²) in [5, 5.41) is 9.47. The fraction of sp³-hybridized carbons (Fsp3) is 0.200. The van der Waals surface area contributed by atoms with Crippen molar-refractivity contribution in [1.82, 2.24) is 14.5 Å². The number of aromatic nitrogens is 2. The summed E-state index contributed by atoms with van der Waals surface area (Å²) >= 11 is 0. The normalized spacial score (nSPS) is 10.5. The average Bonchev–Trinajstić information content (AvgIpc) is 2.64. The summed E-state index contributed by atoms with van der Waals surface area (Å²) in [6.07, 6.45) is 1.42. The number of nitrogens with zero attached hydrogens (tertiary/aromatic N) is 4. The lowest BCUT2D eigenvalue weighted by molar-refractivity contribution is -0.131. The molecule has 2 aromatic carbocycles. The minimum absolute atomic E-state index is 0.0792. The van der Waals surface area contributed by atoms with E-state index >= 15 is 0 Å². The fourth-order valence-electron chi connectivity index (χ4n) is 2.82. The van der Waals surface area contributed by atoms with Crippen LogP contribution in [-0.4, -0.2) is 27.4 Å². The molecule has 0 unspecified atom stereocenters. The largest absolute Gasteiger partial charge is 0.340 e. The Balaban J connectivity index is 1.79. The number of nitriles is 1. The second kappa shape index (κ2) is 7.19. The fourth-order valence-corrected chi connectivity index (χ4v) is 2.82. The van der Waals surface area contributed by atoms with Crippen LogP contribution < -0.4 is 5.56 Å². The molecule has 0 radical (unpaired) electrons. The highest BCUT2D eigenvalue weighted by Gasteiger charge is 2.13. The van der Waals surface area contributed by atoms with Crippen molar-refractivity contribution in [1.29, 1.82) is 5.26 Å². The van der Waals surface area contributed by atoms with Gasteiger partial charge in [0.05, 0.1) is 28.9 Å². The monoisotopic (exact) mass is 346 g/mol. The Kier molecular flexibility index (Phi) is 4.81. The summed E-state index contributed by atoms with van der Waals surface area (Å²) in [6.45, 7) is 2.18. The van der Waals surface area contributed by atoms with Gasteiger partial charge in [0.2, 0.25) is 5.91 Å². The lowest BCUT2D eigenvalue weighted by Gasteiger charge is -2.18. The Morgan fingerprint density at radius 2 is 2.04 bits per heavy atom. The molecule has 1 amide bonds. The summed E-state index contributed by atoms with van der Waals surface area (Å²) in [6, 6.07) is 14.6. The maximum Gasteiger partial charge on any atom is 0.261 e. The first kappa shape index (κ1) is 17.4. The van der Waals surface area contributed by atoms with Crippen LogP contribution in [0.1, 0.15) is 16.7 Å². The van der Waals surface area contributed by atoms with Gasteiger partial charge in [-0.15, -0.1) is 0 Å². The number of aryl methyl sites for hydroxylation is 1. The lowest BCUT2D eigenvalue weighted by atomic mass is 10.1. The van der Waals surface area contributed by atoms with Gasteiger partial charge in [-0.3, -0.25) is 14.2 Å². The number of benzene rings is 2. The topological polar surface area (TPSA) is 79.0 Å². The standard InChI is InChI=1S/C20H18N4O2/c1-14-5-3-8-17-19(14)22-13-24(20(17)26)12-18(25)23(2)11-16-7-4-6-15(9-16)10-21/h3-9,13H,11-12H2,1-2H3. The Morgan fingerprint density at radius 3 is 2.81 bits per heavy atom. The third-order valence-electron chi connectivity index (χ3n) is 4.26. The number of hydrogen-bond donors (Lipinski definition) is 0. The second-order valence-electron chi connectivity index (χ2n) is 6.21. The van der Waals surface area contributed by atoms with Crippen molar-refractivity contribution < 1.29 is 4.79 Å². The molecule has 0 fully saturated rings. The minimum Gasteiger partial charge on any atom is -0.340 e. The third kappa shape index (κ3) is 3.47. The number of carbonyl (C=O) groups excluding carboxylic acids is 1. The van der Waals surface area contributed by atoms with E-state index in [9.17, 15) is 9.59 Å². The molecule has 3 aromatic rings.